The van der Waals surface area contributed by atoms with Crippen LogP contribution in [0.4, 0.5) is 0 Å². The van der Waals surface area contributed by atoms with Crippen LogP contribution in [-0.4, -0.2) is 0 Å². The maximum absolute atomic E-state index is 6.45. The molecule has 0 N–H and O–H groups in total. The molecule has 0 saturated heterocycles. The van der Waals surface area contributed by atoms with E-state index in [2.05, 4.69) is 48.0 Å². The zero-order valence-corrected chi connectivity index (χ0v) is 12.9. The van der Waals surface area contributed by atoms with Crippen molar-refractivity contribution < 1.29 is 4.42 Å². The minimum absolute atomic E-state index is 0.229. The Morgan fingerprint density at radius 1 is 1.11 bits per heavy atom. The average molecular weight is 328 g/mol. The van der Waals surface area contributed by atoms with Crippen molar-refractivity contribution >= 4 is 27.5 Å². The van der Waals surface area contributed by atoms with Gasteiger partial charge in [-0.2, -0.15) is 0 Å². The standard InChI is InChI=1S/C15H16BrClO/c1-3-10-5-6-12(9-11(10)4-2)15(17)13-7-8-14(16)18-13/h5-9,15H,3-4H2,1-2H3. The third kappa shape index (κ3) is 2.81. The molecule has 1 aromatic carbocycles. The molecule has 0 saturated carbocycles. The van der Waals surface area contributed by atoms with Crippen LogP contribution in [0.5, 0.6) is 0 Å². The smallest absolute Gasteiger partial charge is 0.169 e. The highest BCUT2D eigenvalue weighted by Crippen LogP contribution is 2.32. The summed E-state index contributed by atoms with van der Waals surface area (Å²) >= 11 is 9.75. The fourth-order valence-electron chi connectivity index (χ4n) is 2.11. The van der Waals surface area contributed by atoms with E-state index in [4.69, 9.17) is 16.0 Å². The van der Waals surface area contributed by atoms with E-state index in [1.54, 1.807) is 0 Å². The summed E-state index contributed by atoms with van der Waals surface area (Å²) in [5.41, 5.74) is 3.85. The number of hydrogen-bond donors (Lipinski definition) is 0. The van der Waals surface area contributed by atoms with E-state index in [0.29, 0.717) is 4.67 Å². The molecule has 2 rings (SSSR count). The van der Waals surface area contributed by atoms with Gasteiger partial charge >= 0.3 is 0 Å². The maximum atomic E-state index is 6.45. The van der Waals surface area contributed by atoms with Crippen molar-refractivity contribution in [3.05, 3.63) is 57.5 Å². The zero-order chi connectivity index (χ0) is 13.1. The van der Waals surface area contributed by atoms with Crippen molar-refractivity contribution in [1.29, 1.82) is 0 Å². The first-order valence-corrected chi connectivity index (χ1v) is 7.39. The number of rotatable bonds is 4. The molecule has 3 heteroatoms. The first-order valence-electron chi connectivity index (χ1n) is 6.16. The summed E-state index contributed by atoms with van der Waals surface area (Å²) in [5.74, 6) is 0.773. The lowest BCUT2D eigenvalue weighted by molar-refractivity contribution is 0.494. The molecular formula is C15H16BrClO. The van der Waals surface area contributed by atoms with Crippen molar-refractivity contribution in [1.82, 2.24) is 0 Å². The van der Waals surface area contributed by atoms with Gasteiger partial charge in [0.25, 0.3) is 0 Å². The number of furan rings is 1. The third-order valence-electron chi connectivity index (χ3n) is 3.13. The van der Waals surface area contributed by atoms with Crippen LogP contribution in [0.2, 0.25) is 0 Å². The Balaban J connectivity index is 2.33. The summed E-state index contributed by atoms with van der Waals surface area (Å²) in [6, 6.07) is 10.2. The summed E-state index contributed by atoms with van der Waals surface area (Å²) in [7, 11) is 0. The van der Waals surface area contributed by atoms with Crippen LogP contribution in [0.1, 0.15) is 41.7 Å². The van der Waals surface area contributed by atoms with E-state index in [1.165, 1.54) is 11.1 Å². The van der Waals surface area contributed by atoms with Crippen LogP contribution in [-0.2, 0) is 12.8 Å². The van der Waals surface area contributed by atoms with Crippen molar-refractivity contribution in [2.45, 2.75) is 32.1 Å². The van der Waals surface area contributed by atoms with Gasteiger partial charge in [-0.25, -0.2) is 0 Å². The van der Waals surface area contributed by atoms with Crippen molar-refractivity contribution in [2.75, 3.05) is 0 Å². The fraction of sp³-hybridized carbons (Fsp3) is 0.333. The molecule has 96 valence electrons. The molecule has 18 heavy (non-hydrogen) atoms. The summed E-state index contributed by atoms with van der Waals surface area (Å²) in [5, 5.41) is -0.229. The van der Waals surface area contributed by atoms with Gasteiger partial charge in [-0.1, -0.05) is 32.0 Å². The van der Waals surface area contributed by atoms with Gasteiger partial charge in [0, 0.05) is 0 Å². The molecule has 0 bridgehead atoms. The number of halogens is 2. The van der Waals surface area contributed by atoms with Crippen LogP contribution < -0.4 is 0 Å². The SMILES string of the molecule is CCc1ccc(C(Cl)c2ccc(Br)o2)cc1CC. The second kappa shape index (κ2) is 5.94. The summed E-state index contributed by atoms with van der Waals surface area (Å²) in [4.78, 5) is 0. The molecule has 0 aliphatic carbocycles. The number of alkyl halides is 1. The Kier molecular flexibility index (Phi) is 4.52. The predicted molar refractivity (Wildman–Crippen MR) is 79.3 cm³/mol. The molecule has 1 atom stereocenters. The molecule has 1 nitrogen and oxygen atoms in total. The molecule has 0 aliphatic rings. The normalized spacial score (nSPS) is 12.7. The second-order valence-electron chi connectivity index (χ2n) is 4.24. The van der Waals surface area contributed by atoms with E-state index < -0.39 is 0 Å². The van der Waals surface area contributed by atoms with Gasteiger partial charge < -0.3 is 4.42 Å². The molecule has 0 amide bonds. The maximum Gasteiger partial charge on any atom is 0.169 e. The summed E-state index contributed by atoms with van der Waals surface area (Å²) < 4.78 is 6.23. The first-order chi connectivity index (χ1) is 8.65. The fourth-order valence-corrected chi connectivity index (χ4v) is 2.68. The van der Waals surface area contributed by atoms with Gasteiger partial charge in [-0.3, -0.25) is 0 Å². The van der Waals surface area contributed by atoms with Gasteiger partial charge in [0.2, 0.25) is 0 Å². The molecule has 1 unspecified atom stereocenters. The van der Waals surface area contributed by atoms with E-state index in [-0.39, 0.29) is 5.38 Å². The van der Waals surface area contributed by atoms with Crippen molar-refractivity contribution in [2.24, 2.45) is 0 Å². The number of hydrogen-bond acceptors (Lipinski definition) is 1. The van der Waals surface area contributed by atoms with E-state index in [0.717, 1.165) is 24.2 Å². The van der Waals surface area contributed by atoms with Gasteiger partial charge in [0.15, 0.2) is 4.67 Å². The van der Waals surface area contributed by atoms with E-state index in [9.17, 15) is 0 Å². The Labute approximate surface area is 121 Å². The molecule has 2 aromatic rings. The zero-order valence-electron chi connectivity index (χ0n) is 10.5. The van der Waals surface area contributed by atoms with Crippen molar-refractivity contribution in [3.63, 3.8) is 0 Å². The van der Waals surface area contributed by atoms with Crippen LogP contribution >= 0.6 is 27.5 Å². The topological polar surface area (TPSA) is 13.1 Å². The summed E-state index contributed by atoms with van der Waals surface area (Å²) in [6.07, 6.45) is 2.09. The molecule has 1 heterocycles. The molecule has 0 fully saturated rings. The second-order valence-corrected chi connectivity index (χ2v) is 5.46. The molecule has 0 spiro atoms. The van der Waals surface area contributed by atoms with E-state index >= 15 is 0 Å². The number of aryl methyl sites for hydroxylation is 2. The molecular weight excluding hydrogens is 312 g/mol. The Morgan fingerprint density at radius 3 is 2.39 bits per heavy atom. The van der Waals surface area contributed by atoms with Gasteiger partial charge in [-0.15, -0.1) is 11.6 Å². The molecule has 0 aliphatic heterocycles. The van der Waals surface area contributed by atoms with Crippen LogP contribution in [0.15, 0.2) is 39.4 Å². The molecule has 0 radical (unpaired) electrons. The lowest BCUT2D eigenvalue weighted by Crippen LogP contribution is -1.97. The van der Waals surface area contributed by atoms with Gasteiger partial charge in [0.1, 0.15) is 11.1 Å². The highest BCUT2D eigenvalue weighted by molar-refractivity contribution is 9.10. The Morgan fingerprint density at radius 2 is 1.83 bits per heavy atom. The lowest BCUT2D eigenvalue weighted by Gasteiger charge is -2.12. The highest BCUT2D eigenvalue weighted by atomic mass is 79.9. The largest absolute Gasteiger partial charge is 0.452 e. The Hall–Kier alpha value is -0.730. The van der Waals surface area contributed by atoms with E-state index in [1.807, 2.05) is 12.1 Å². The minimum Gasteiger partial charge on any atom is -0.452 e. The Bertz CT molecular complexity index is 533. The third-order valence-corrected chi connectivity index (χ3v) is 4.02. The average Bonchev–Trinajstić information content (AvgIpc) is 2.83. The predicted octanol–water partition coefficient (Wildman–Crippen LogP) is 5.50. The first kappa shape index (κ1) is 13.7. The number of benzene rings is 1. The van der Waals surface area contributed by atoms with Gasteiger partial charge in [0.05, 0.1) is 0 Å². The monoisotopic (exact) mass is 326 g/mol. The lowest BCUT2D eigenvalue weighted by atomic mass is 9.98. The quantitative estimate of drug-likeness (QED) is 0.676. The minimum atomic E-state index is -0.229. The summed E-state index contributed by atoms with van der Waals surface area (Å²) in [6.45, 7) is 4.35. The molecule has 1 aromatic heterocycles. The van der Waals surface area contributed by atoms with Crippen LogP contribution in [0, 0.1) is 0 Å². The highest BCUT2D eigenvalue weighted by Gasteiger charge is 2.15. The van der Waals surface area contributed by atoms with Crippen LogP contribution in [0.3, 0.4) is 0 Å². The van der Waals surface area contributed by atoms with Gasteiger partial charge in [-0.05, 0) is 57.6 Å². The van der Waals surface area contributed by atoms with Crippen LogP contribution in [0.25, 0.3) is 0 Å². The van der Waals surface area contributed by atoms with Crippen molar-refractivity contribution in [3.8, 4) is 0 Å².